The number of allylic oxidation sites excluding steroid dienone is 2. The molecule has 2 N–H and O–H groups in total. The monoisotopic (exact) mass is 601 g/mol. The lowest BCUT2D eigenvalue weighted by molar-refractivity contribution is -0.139. The Kier molecular flexibility index (Phi) is 21.5. The largest absolute Gasteiger partial charge is 0.455 e. The maximum absolute atomic E-state index is 11.6. The summed E-state index contributed by atoms with van der Waals surface area (Å²) in [6, 6.07) is 0.338. The maximum atomic E-state index is 11.6. The second-order valence-electron chi connectivity index (χ2n) is 12.6. The minimum absolute atomic E-state index is 0.0598. The third-order valence-electron chi connectivity index (χ3n) is 8.79. The van der Waals surface area contributed by atoms with Gasteiger partial charge in [0.25, 0.3) is 0 Å². The predicted molar refractivity (Wildman–Crippen MR) is 177 cm³/mol. The number of aliphatic hydroxyl groups is 1. The van der Waals surface area contributed by atoms with E-state index in [0.29, 0.717) is 13.2 Å². The first kappa shape index (κ1) is 37.5. The Morgan fingerprint density at radius 1 is 0.977 bits per heavy atom. The maximum Gasteiger partial charge on any atom is 0.334 e. The lowest BCUT2D eigenvalue weighted by atomic mass is 10.0. The van der Waals surface area contributed by atoms with Gasteiger partial charge < -0.3 is 24.6 Å². The quantitative estimate of drug-likeness (QED) is 0.0474. The van der Waals surface area contributed by atoms with Crippen LogP contribution in [0.5, 0.6) is 0 Å². The van der Waals surface area contributed by atoms with E-state index in [0.717, 1.165) is 56.9 Å². The SMILES string of the molecule is CCCCCCCCCCCC[C@@H](OCOC)[C@H]1CC[C@@H]([C@@H](O)CC#C/C=C/CCCCCCCC2=C[C@H](C)OC2=O)N1. The van der Waals surface area contributed by atoms with Crippen molar-refractivity contribution >= 4 is 5.97 Å². The molecule has 0 amide bonds. The Hall–Kier alpha value is -1.65. The van der Waals surface area contributed by atoms with Crippen LogP contribution >= 0.6 is 0 Å². The number of hydrogen-bond donors (Lipinski definition) is 2. The zero-order valence-corrected chi connectivity index (χ0v) is 27.8. The van der Waals surface area contributed by atoms with Crippen molar-refractivity contribution in [1.82, 2.24) is 5.32 Å². The smallest absolute Gasteiger partial charge is 0.334 e. The van der Waals surface area contributed by atoms with Gasteiger partial charge in [-0.2, -0.15) is 0 Å². The number of ether oxygens (including phenoxy) is 3. The summed E-state index contributed by atoms with van der Waals surface area (Å²) in [5.74, 6) is 6.11. The predicted octanol–water partition coefficient (Wildman–Crippen LogP) is 8.32. The average Bonchev–Trinajstić information content (AvgIpc) is 3.62. The van der Waals surface area contributed by atoms with Gasteiger partial charge in [-0.3, -0.25) is 0 Å². The molecule has 0 aromatic heterocycles. The van der Waals surface area contributed by atoms with E-state index in [9.17, 15) is 9.90 Å². The molecule has 6 heteroatoms. The highest BCUT2D eigenvalue weighted by molar-refractivity contribution is 5.90. The molecule has 246 valence electrons. The first-order valence-electron chi connectivity index (χ1n) is 17.6. The summed E-state index contributed by atoms with van der Waals surface area (Å²) >= 11 is 0. The molecule has 1 fully saturated rings. The highest BCUT2D eigenvalue weighted by Crippen LogP contribution is 2.24. The second-order valence-corrected chi connectivity index (χ2v) is 12.6. The van der Waals surface area contributed by atoms with E-state index in [2.05, 4.69) is 30.2 Å². The van der Waals surface area contributed by atoms with Crippen LogP contribution in [0.2, 0.25) is 0 Å². The van der Waals surface area contributed by atoms with Gasteiger partial charge in [-0.15, -0.1) is 0 Å². The number of cyclic esters (lactones) is 1. The summed E-state index contributed by atoms with van der Waals surface area (Å²) in [5.41, 5.74) is 0.850. The van der Waals surface area contributed by atoms with E-state index in [-0.39, 0.29) is 30.3 Å². The van der Waals surface area contributed by atoms with E-state index in [4.69, 9.17) is 14.2 Å². The minimum atomic E-state index is -0.462. The van der Waals surface area contributed by atoms with Crippen LogP contribution in [0, 0.1) is 11.8 Å². The number of aliphatic hydroxyl groups excluding tert-OH is 1. The number of esters is 1. The van der Waals surface area contributed by atoms with Gasteiger partial charge in [0, 0.05) is 31.2 Å². The number of carbonyl (C=O) groups is 1. The molecule has 1 saturated heterocycles. The number of rotatable bonds is 25. The summed E-state index contributed by atoms with van der Waals surface area (Å²) in [5, 5.41) is 14.4. The van der Waals surface area contributed by atoms with E-state index in [1.165, 1.54) is 77.0 Å². The molecule has 0 radical (unpaired) electrons. The van der Waals surface area contributed by atoms with Crippen molar-refractivity contribution in [3.8, 4) is 11.8 Å². The first-order valence-corrected chi connectivity index (χ1v) is 17.6. The van der Waals surface area contributed by atoms with Crippen LogP contribution in [0.4, 0.5) is 0 Å². The summed E-state index contributed by atoms with van der Waals surface area (Å²) < 4.78 is 16.4. The number of unbranched alkanes of at least 4 members (excludes halogenated alkanes) is 14. The number of hydrogen-bond acceptors (Lipinski definition) is 6. The van der Waals surface area contributed by atoms with Crippen molar-refractivity contribution in [2.75, 3.05) is 13.9 Å². The Balaban J connectivity index is 1.52. The van der Waals surface area contributed by atoms with E-state index < -0.39 is 6.10 Å². The van der Waals surface area contributed by atoms with Crippen LogP contribution in [-0.4, -0.2) is 55.4 Å². The fraction of sp³-hybridized carbons (Fsp3) is 0.811. The van der Waals surface area contributed by atoms with E-state index in [1.54, 1.807) is 7.11 Å². The van der Waals surface area contributed by atoms with Crippen molar-refractivity contribution in [2.24, 2.45) is 0 Å². The summed E-state index contributed by atoms with van der Waals surface area (Å²) in [6.45, 7) is 4.50. The molecule has 43 heavy (non-hydrogen) atoms. The molecule has 0 unspecified atom stereocenters. The highest BCUT2D eigenvalue weighted by atomic mass is 16.7. The fourth-order valence-electron chi connectivity index (χ4n) is 6.22. The molecule has 0 saturated carbocycles. The van der Waals surface area contributed by atoms with Gasteiger partial charge in [-0.05, 0) is 64.0 Å². The van der Waals surface area contributed by atoms with Crippen LogP contribution < -0.4 is 5.32 Å². The van der Waals surface area contributed by atoms with Gasteiger partial charge in [0.2, 0.25) is 0 Å². The van der Waals surface area contributed by atoms with Crippen LogP contribution in [0.3, 0.4) is 0 Å². The Labute approximate surface area is 263 Å². The third kappa shape index (κ3) is 17.4. The molecule has 0 aromatic rings. The lowest BCUT2D eigenvalue weighted by Gasteiger charge is -2.26. The minimum Gasteiger partial charge on any atom is -0.455 e. The molecule has 2 aliphatic rings. The highest BCUT2D eigenvalue weighted by Gasteiger charge is 2.33. The molecular weight excluding hydrogens is 538 g/mol. The molecule has 2 rings (SSSR count). The zero-order valence-electron chi connectivity index (χ0n) is 27.8. The average molecular weight is 602 g/mol. The summed E-state index contributed by atoms with van der Waals surface area (Å²) in [4.78, 5) is 11.6. The molecule has 2 heterocycles. The molecule has 5 atom stereocenters. The lowest BCUT2D eigenvalue weighted by Crippen LogP contribution is -2.44. The molecule has 0 spiro atoms. The molecule has 0 aromatic carbocycles. The Morgan fingerprint density at radius 2 is 1.63 bits per heavy atom. The molecular formula is C37H63NO5. The van der Waals surface area contributed by atoms with Crippen LogP contribution in [0.25, 0.3) is 0 Å². The van der Waals surface area contributed by atoms with Crippen molar-refractivity contribution in [3.63, 3.8) is 0 Å². The third-order valence-corrected chi connectivity index (χ3v) is 8.79. The molecule has 0 bridgehead atoms. The standard InChI is InChI=1S/C37H63NO5/c1-4-5-6-7-8-9-14-17-20-23-26-36(42-30-41-3)34-28-27-33(38-34)35(39)25-22-19-16-13-11-10-12-15-18-21-24-32-29-31(2)43-37(32)40/h13,16,29,31,33-36,38-39H,4-12,14-15,17-18,20-21,23-28,30H2,1-3H3/b16-13+/t31-,33-,34+,35-,36+/m0/s1. The zero-order chi connectivity index (χ0) is 31.0. The van der Waals surface area contributed by atoms with Gasteiger partial charge in [0.05, 0.1) is 12.2 Å². The van der Waals surface area contributed by atoms with Crippen molar-refractivity contribution in [2.45, 2.75) is 179 Å². The normalized spacial score (nSPS) is 21.5. The van der Waals surface area contributed by atoms with Gasteiger partial charge in [0.1, 0.15) is 12.9 Å². The van der Waals surface area contributed by atoms with Gasteiger partial charge in [0.15, 0.2) is 0 Å². The van der Waals surface area contributed by atoms with Crippen molar-refractivity contribution in [3.05, 3.63) is 23.8 Å². The molecule has 0 aliphatic carbocycles. The van der Waals surface area contributed by atoms with Crippen LogP contribution in [0.15, 0.2) is 23.8 Å². The van der Waals surface area contributed by atoms with E-state index >= 15 is 0 Å². The number of nitrogens with one attached hydrogen (secondary N) is 1. The molecule has 6 nitrogen and oxygen atoms in total. The second kappa shape index (κ2) is 24.6. The first-order chi connectivity index (χ1) is 21.0. The van der Waals surface area contributed by atoms with Crippen LogP contribution in [0.1, 0.15) is 149 Å². The number of methoxy groups -OCH3 is 1. The Morgan fingerprint density at radius 3 is 2.30 bits per heavy atom. The van der Waals surface area contributed by atoms with E-state index in [1.807, 2.05) is 19.1 Å². The molecule has 2 aliphatic heterocycles. The summed E-state index contributed by atoms with van der Waals surface area (Å²) in [6.07, 6.45) is 30.1. The Bertz CT molecular complexity index is 844. The van der Waals surface area contributed by atoms with Crippen molar-refractivity contribution in [1.29, 1.82) is 0 Å². The summed E-state index contributed by atoms with van der Waals surface area (Å²) in [7, 11) is 1.68. The van der Waals surface area contributed by atoms with Gasteiger partial charge in [-0.1, -0.05) is 108 Å². The number of carbonyl (C=O) groups excluding carboxylic acids is 1. The van der Waals surface area contributed by atoms with Crippen LogP contribution in [-0.2, 0) is 19.0 Å². The van der Waals surface area contributed by atoms with Crippen molar-refractivity contribution < 1.29 is 24.1 Å². The van der Waals surface area contributed by atoms with Gasteiger partial charge >= 0.3 is 5.97 Å². The topological polar surface area (TPSA) is 77.0 Å². The fourth-order valence-corrected chi connectivity index (χ4v) is 6.22. The van der Waals surface area contributed by atoms with Gasteiger partial charge in [-0.25, -0.2) is 4.79 Å².